The van der Waals surface area contributed by atoms with Crippen molar-refractivity contribution in [1.29, 1.82) is 0 Å². The highest BCUT2D eigenvalue weighted by Gasteiger charge is 1.89. The smallest absolute Gasteiger partial charge is 0.0329 e. The van der Waals surface area contributed by atoms with Crippen molar-refractivity contribution in [3.63, 3.8) is 0 Å². The topological polar surface area (TPSA) is 12.4 Å². The van der Waals surface area contributed by atoms with E-state index in [1.54, 1.807) is 0 Å². The Hall–Kier alpha value is -0.590. The molecule has 0 aromatic rings. The van der Waals surface area contributed by atoms with E-state index in [9.17, 15) is 0 Å². The van der Waals surface area contributed by atoms with Crippen LogP contribution in [0.2, 0.25) is 0 Å². The van der Waals surface area contributed by atoms with Gasteiger partial charge in [0.05, 0.1) is 0 Å². The molecule has 0 radical (unpaired) electrons. The molecule has 0 saturated carbocycles. The highest BCUT2D eigenvalue weighted by atomic mass is 14.7. The van der Waals surface area contributed by atoms with Crippen LogP contribution in [0.15, 0.2) is 16.8 Å². The Bertz CT molecular complexity index is 143. The Morgan fingerprint density at radius 2 is 2.09 bits per heavy atom. The van der Waals surface area contributed by atoms with E-state index in [1.165, 1.54) is 0 Å². The minimum Gasteiger partial charge on any atom is -0.266 e. The van der Waals surface area contributed by atoms with Gasteiger partial charge in [0.1, 0.15) is 0 Å². The van der Waals surface area contributed by atoms with Crippen LogP contribution in [0.25, 0.3) is 0 Å². The second kappa shape index (κ2) is 6.14. The molecular weight excluding hydrogens is 134 g/mol. The summed E-state index contributed by atoms with van der Waals surface area (Å²) in [5.74, 6) is 0.738. The zero-order valence-electron chi connectivity index (χ0n) is 8.09. The molecule has 0 aliphatic heterocycles. The molecule has 0 spiro atoms. The molecule has 0 saturated heterocycles. The average Bonchev–Trinajstić information content (AvgIpc) is 1.97. The summed E-state index contributed by atoms with van der Waals surface area (Å²) in [6.45, 7) is 8.58. The molecule has 0 aliphatic carbocycles. The lowest BCUT2D eigenvalue weighted by molar-refractivity contribution is 0.661. The van der Waals surface area contributed by atoms with Crippen LogP contribution in [0, 0.1) is 5.92 Å². The average molecular weight is 153 g/mol. The molecule has 0 heterocycles. The van der Waals surface area contributed by atoms with Crippen molar-refractivity contribution >= 4 is 6.21 Å². The number of allylic oxidation sites excluding steroid dienone is 2. The third-order valence-corrected chi connectivity index (χ3v) is 1.36. The lowest BCUT2D eigenvalue weighted by Gasteiger charge is -1.97. The Morgan fingerprint density at radius 1 is 1.45 bits per heavy atom. The van der Waals surface area contributed by atoms with Crippen molar-refractivity contribution in [3.05, 3.63) is 11.8 Å². The first-order valence-corrected chi connectivity index (χ1v) is 4.36. The van der Waals surface area contributed by atoms with E-state index in [0.717, 1.165) is 24.5 Å². The molecule has 64 valence electrons. The van der Waals surface area contributed by atoms with Gasteiger partial charge < -0.3 is 0 Å². The molecule has 0 aromatic carbocycles. The molecule has 0 fully saturated rings. The summed E-state index contributed by atoms with van der Waals surface area (Å²) in [4.78, 5) is 4.25. The molecule has 0 aromatic heterocycles. The van der Waals surface area contributed by atoms with Gasteiger partial charge in [-0.25, -0.2) is 0 Å². The molecule has 0 atom stereocenters. The summed E-state index contributed by atoms with van der Waals surface area (Å²) in [5.41, 5.74) is 1.14. The van der Waals surface area contributed by atoms with Gasteiger partial charge in [0.2, 0.25) is 0 Å². The number of nitrogens with zero attached hydrogens (tertiary/aromatic N) is 1. The summed E-state index contributed by atoms with van der Waals surface area (Å²) in [7, 11) is 0. The van der Waals surface area contributed by atoms with Crippen molar-refractivity contribution in [3.8, 4) is 0 Å². The van der Waals surface area contributed by atoms with Crippen molar-refractivity contribution in [2.75, 3.05) is 0 Å². The molecule has 1 heteroatoms. The zero-order chi connectivity index (χ0) is 8.69. The van der Waals surface area contributed by atoms with Gasteiger partial charge in [0, 0.05) is 11.9 Å². The van der Waals surface area contributed by atoms with Crippen molar-refractivity contribution in [1.82, 2.24) is 0 Å². The van der Waals surface area contributed by atoms with Crippen LogP contribution in [-0.4, -0.2) is 6.21 Å². The summed E-state index contributed by atoms with van der Waals surface area (Å²) in [5, 5.41) is 0. The quantitative estimate of drug-likeness (QED) is 0.549. The van der Waals surface area contributed by atoms with Crippen LogP contribution in [0.5, 0.6) is 0 Å². The standard InChI is InChI=1S/C10H19N/c1-5-8-11-10(4)7-6-9(2)3/h7-9H,5-6H2,1-4H3/b10-7-,11-8?. The first kappa shape index (κ1) is 10.4. The monoisotopic (exact) mass is 153 g/mol. The maximum Gasteiger partial charge on any atom is 0.0329 e. The van der Waals surface area contributed by atoms with Gasteiger partial charge in [-0.1, -0.05) is 26.8 Å². The third-order valence-electron chi connectivity index (χ3n) is 1.36. The molecule has 0 unspecified atom stereocenters. The molecule has 0 N–H and O–H groups in total. The predicted molar refractivity (Wildman–Crippen MR) is 52.0 cm³/mol. The van der Waals surface area contributed by atoms with E-state index in [1.807, 2.05) is 6.21 Å². The largest absolute Gasteiger partial charge is 0.266 e. The first-order chi connectivity index (χ1) is 5.16. The maximum atomic E-state index is 4.25. The number of rotatable bonds is 4. The Kier molecular flexibility index (Phi) is 5.81. The van der Waals surface area contributed by atoms with Crippen LogP contribution in [0.3, 0.4) is 0 Å². The van der Waals surface area contributed by atoms with Crippen LogP contribution in [0.1, 0.15) is 40.5 Å². The molecule has 11 heavy (non-hydrogen) atoms. The zero-order valence-corrected chi connectivity index (χ0v) is 8.09. The van der Waals surface area contributed by atoms with Gasteiger partial charge in [0.15, 0.2) is 0 Å². The summed E-state index contributed by atoms with van der Waals surface area (Å²) >= 11 is 0. The fraction of sp³-hybridized carbons (Fsp3) is 0.700. The lowest BCUT2D eigenvalue weighted by Crippen LogP contribution is -1.83. The second-order valence-electron chi connectivity index (χ2n) is 3.19. The van der Waals surface area contributed by atoms with E-state index in [-0.39, 0.29) is 0 Å². The highest BCUT2D eigenvalue weighted by Crippen LogP contribution is 2.04. The molecule has 0 rings (SSSR count). The summed E-state index contributed by atoms with van der Waals surface area (Å²) in [6, 6.07) is 0. The van der Waals surface area contributed by atoms with Crippen LogP contribution in [0.4, 0.5) is 0 Å². The van der Waals surface area contributed by atoms with E-state index in [4.69, 9.17) is 0 Å². The van der Waals surface area contributed by atoms with Crippen LogP contribution >= 0.6 is 0 Å². The van der Waals surface area contributed by atoms with Crippen LogP contribution < -0.4 is 0 Å². The van der Waals surface area contributed by atoms with Gasteiger partial charge in [-0.3, -0.25) is 4.99 Å². The summed E-state index contributed by atoms with van der Waals surface area (Å²) in [6.07, 6.45) is 6.29. The third kappa shape index (κ3) is 7.31. The Morgan fingerprint density at radius 3 is 2.55 bits per heavy atom. The predicted octanol–water partition coefficient (Wildman–Crippen LogP) is 3.42. The molecular formula is C10H19N. The fourth-order valence-electron chi connectivity index (χ4n) is 0.694. The van der Waals surface area contributed by atoms with Gasteiger partial charge in [-0.05, 0) is 25.7 Å². The van der Waals surface area contributed by atoms with Gasteiger partial charge in [0.25, 0.3) is 0 Å². The van der Waals surface area contributed by atoms with E-state index < -0.39 is 0 Å². The Balaban J connectivity index is 3.71. The highest BCUT2D eigenvalue weighted by molar-refractivity contribution is 5.58. The van der Waals surface area contributed by atoms with Crippen molar-refractivity contribution in [2.45, 2.75) is 40.5 Å². The van der Waals surface area contributed by atoms with Crippen LogP contribution in [-0.2, 0) is 0 Å². The molecule has 0 amide bonds. The maximum absolute atomic E-state index is 4.25. The summed E-state index contributed by atoms with van der Waals surface area (Å²) < 4.78 is 0. The van der Waals surface area contributed by atoms with Gasteiger partial charge in [-0.2, -0.15) is 0 Å². The number of hydrogen-bond donors (Lipinski definition) is 0. The minimum absolute atomic E-state index is 0.738. The van der Waals surface area contributed by atoms with E-state index >= 15 is 0 Å². The molecule has 0 aliphatic rings. The van der Waals surface area contributed by atoms with Crippen molar-refractivity contribution < 1.29 is 0 Å². The normalized spacial score (nSPS) is 13.4. The van der Waals surface area contributed by atoms with Crippen molar-refractivity contribution in [2.24, 2.45) is 10.9 Å². The lowest BCUT2D eigenvalue weighted by atomic mass is 10.1. The first-order valence-electron chi connectivity index (χ1n) is 4.36. The minimum atomic E-state index is 0.738. The van der Waals surface area contributed by atoms with E-state index in [0.29, 0.717) is 0 Å². The van der Waals surface area contributed by atoms with E-state index in [2.05, 4.69) is 38.8 Å². The van der Waals surface area contributed by atoms with Gasteiger partial charge >= 0.3 is 0 Å². The molecule has 1 nitrogen and oxygen atoms in total. The molecule has 0 bridgehead atoms. The second-order valence-corrected chi connectivity index (χ2v) is 3.19. The Labute approximate surface area is 70.2 Å². The van der Waals surface area contributed by atoms with Gasteiger partial charge in [-0.15, -0.1) is 0 Å². The fourth-order valence-corrected chi connectivity index (χ4v) is 0.694. The SMILES string of the molecule is CCC=N/C(C)=C\CC(C)C. The number of hydrogen-bond acceptors (Lipinski definition) is 1. The number of aliphatic imine (C=N–C) groups is 1.